The molecule has 0 aliphatic heterocycles. The van der Waals surface area contributed by atoms with Gasteiger partial charge in [0.05, 0.1) is 21.4 Å². The van der Waals surface area contributed by atoms with E-state index < -0.39 is 45.1 Å². The third-order valence-electron chi connectivity index (χ3n) is 4.85. The van der Waals surface area contributed by atoms with E-state index in [4.69, 9.17) is 32.4 Å². The Balaban J connectivity index is 1.80. The van der Waals surface area contributed by atoms with Crippen molar-refractivity contribution in [3.05, 3.63) is 102 Å². The fraction of sp³-hybridized carbons (Fsp3) is 0.0435. The predicted molar refractivity (Wildman–Crippen MR) is 121 cm³/mol. The van der Waals surface area contributed by atoms with Crippen LogP contribution in [0.1, 0.15) is 16.1 Å². The number of nitro benzene ring substituents is 1. The van der Waals surface area contributed by atoms with E-state index in [1.54, 1.807) is 0 Å². The molecule has 4 aromatic rings. The first kappa shape index (κ1) is 24.2. The van der Waals surface area contributed by atoms with Gasteiger partial charge >= 0.3 is 12.1 Å². The molecular formula is C23H10Cl2F3NO6. The van der Waals surface area contributed by atoms with E-state index in [-0.39, 0.29) is 32.3 Å². The van der Waals surface area contributed by atoms with E-state index in [0.29, 0.717) is 0 Å². The Bertz CT molecular complexity index is 1570. The van der Waals surface area contributed by atoms with Crippen molar-refractivity contribution < 1.29 is 32.0 Å². The smallest absolute Gasteiger partial charge is 0.450 e. The molecule has 178 valence electrons. The summed E-state index contributed by atoms with van der Waals surface area (Å²) in [6, 6.07) is 12.0. The standard InChI is InChI=1S/C23H10Cl2F3NO6/c24-15-4-2-1-3-13(15)19-20(30)14-7-6-12(10-18(14)35-21(19)23(26,27)28)34-22(31)11-5-8-16(25)17(9-11)29(32)33/h1-10H. The summed E-state index contributed by atoms with van der Waals surface area (Å²) in [6.45, 7) is 0. The van der Waals surface area contributed by atoms with Gasteiger partial charge in [0, 0.05) is 22.7 Å². The Kier molecular flexibility index (Phi) is 6.27. The number of halogens is 5. The number of alkyl halides is 3. The van der Waals surface area contributed by atoms with E-state index in [9.17, 15) is 32.9 Å². The molecule has 7 nitrogen and oxygen atoms in total. The number of ether oxygens (including phenoxy) is 1. The molecule has 0 unspecified atom stereocenters. The molecule has 0 saturated carbocycles. The van der Waals surface area contributed by atoms with Gasteiger partial charge in [0.25, 0.3) is 5.69 Å². The van der Waals surface area contributed by atoms with Crippen molar-refractivity contribution in [2.75, 3.05) is 0 Å². The fourth-order valence-electron chi connectivity index (χ4n) is 3.29. The van der Waals surface area contributed by atoms with E-state index >= 15 is 0 Å². The number of carbonyl (C=O) groups excluding carboxylic acids is 1. The van der Waals surface area contributed by atoms with E-state index in [2.05, 4.69) is 0 Å². The zero-order chi connectivity index (χ0) is 25.5. The molecule has 0 aliphatic carbocycles. The maximum atomic E-state index is 13.8. The number of carbonyl (C=O) groups is 1. The Morgan fingerprint density at radius 2 is 1.71 bits per heavy atom. The molecule has 3 aromatic carbocycles. The molecule has 4 rings (SSSR count). The van der Waals surface area contributed by atoms with Crippen LogP contribution in [0.25, 0.3) is 22.1 Å². The SMILES string of the molecule is O=C(Oc1ccc2c(=O)c(-c3ccccc3Cl)c(C(F)(F)F)oc2c1)c1ccc(Cl)c([N+](=O)[O-])c1. The van der Waals surface area contributed by atoms with Crippen molar-refractivity contribution in [1.82, 2.24) is 0 Å². The predicted octanol–water partition coefficient (Wildman–Crippen LogP) is 6.91. The second-order valence-electron chi connectivity index (χ2n) is 7.08. The average molecular weight is 524 g/mol. The summed E-state index contributed by atoms with van der Waals surface area (Å²) >= 11 is 11.7. The summed E-state index contributed by atoms with van der Waals surface area (Å²) < 4.78 is 51.6. The van der Waals surface area contributed by atoms with Gasteiger partial charge in [0.1, 0.15) is 16.4 Å². The van der Waals surface area contributed by atoms with Gasteiger partial charge in [0.2, 0.25) is 11.2 Å². The van der Waals surface area contributed by atoms with Crippen molar-refractivity contribution in [1.29, 1.82) is 0 Å². The molecule has 0 spiro atoms. The van der Waals surface area contributed by atoms with E-state index in [0.717, 1.165) is 24.3 Å². The highest BCUT2D eigenvalue weighted by Gasteiger charge is 2.40. The van der Waals surface area contributed by atoms with Gasteiger partial charge in [-0.1, -0.05) is 41.4 Å². The molecule has 1 heterocycles. The lowest BCUT2D eigenvalue weighted by molar-refractivity contribution is -0.384. The summed E-state index contributed by atoms with van der Waals surface area (Å²) in [6.07, 6.45) is -5.04. The number of nitro groups is 1. The molecule has 0 fully saturated rings. The van der Waals surface area contributed by atoms with E-state index in [1.807, 2.05) is 0 Å². The number of hydrogen-bond acceptors (Lipinski definition) is 6. The third-order valence-corrected chi connectivity index (χ3v) is 5.50. The van der Waals surface area contributed by atoms with E-state index in [1.165, 1.54) is 36.4 Å². The number of fused-ring (bicyclic) bond motifs is 1. The summed E-state index contributed by atoms with van der Waals surface area (Å²) in [4.78, 5) is 35.7. The minimum Gasteiger partial charge on any atom is -0.450 e. The van der Waals surface area contributed by atoms with Gasteiger partial charge in [-0.05, 0) is 30.3 Å². The maximum Gasteiger partial charge on any atom is 0.450 e. The summed E-state index contributed by atoms with van der Waals surface area (Å²) in [5.74, 6) is -2.88. The Labute approximate surface area is 203 Å². The zero-order valence-corrected chi connectivity index (χ0v) is 18.6. The summed E-state index contributed by atoms with van der Waals surface area (Å²) in [7, 11) is 0. The molecule has 0 aliphatic rings. The molecule has 0 N–H and O–H groups in total. The molecule has 35 heavy (non-hydrogen) atoms. The molecule has 0 atom stereocenters. The quantitative estimate of drug-likeness (QED) is 0.125. The normalized spacial score (nSPS) is 11.5. The minimum absolute atomic E-state index is 0.0766. The van der Waals surface area contributed by atoms with Gasteiger partial charge < -0.3 is 9.15 Å². The first-order valence-corrected chi connectivity index (χ1v) is 10.3. The topological polar surface area (TPSA) is 99.7 Å². The van der Waals surface area contributed by atoms with Crippen LogP contribution in [-0.4, -0.2) is 10.9 Å². The lowest BCUT2D eigenvalue weighted by atomic mass is 10.0. The number of benzene rings is 3. The Morgan fingerprint density at radius 3 is 2.37 bits per heavy atom. The summed E-state index contributed by atoms with van der Waals surface area (Å²) in [5, 5.41) is 10.5. The van der Waals surface area contributed by atoms with Crippen LogP contribution in [0, 0.1) is 10.1 Å². The highest BCUT2D eigenvalue weighted by atomic mass is 35.5. The molecule has 0 bridgehead atoms. The van der Waals surface area contributed by atoms with Crippen molar-refractivity contribution in [3.8, 4) is 16.9 Å². The van der Waals surface area contributed by atoms with Gasteiger partial charge in [-0.3, -0.25) is 14.9 Å². The van der Waals surface area contributed by atoms with Crippen molar-refractivity contribution in [2.24, 2.45) is 0 Å². The zero-order valence-electron chi connectivity index (χ0n) is 17.1. The second kappa shape index (κ2) is 9.05. The molecule has 0 saturated heterocycles. The molecule has 12 heteroatoms. The average Bonchev–Trinajstić information content (AvgIpc) is 2.79. The van der Waals surface area contributed by atoms with Crippen LogP contribution in [0.3, 0.4) is 0 Å². The van der Waals surface area contributed by atoms with Crippen LogP contribution in [0.5, 0.6) is 5.75 Å². The number of hydrogen-bond donors (Lipinski definition) is 0. The van der Waals surface area contributed by atoms with Crippen molar-refractivity contribution in [2.45, 2.75) is 6.18 Å². The first-order valence-electron chi connectivity index (χ1n) is 9.56. The van der Waals surface area contributed by atoms with Crippen LogP contribution in [-0.2, 0) is 6.18 Å². The van der Waals surface area contributed by atoms with Gasteiger partial charge in [-0.2, -0.15) is 13.2 Å². The van der Waals surface area contributed by atoms with Crippen LogP contribution >= 0.6 is 23.2 Å². The van der Waals surface area contributed by atoms with Crippen molar-refractivity contribution in [3.63, 3.8) is 0 Å². The lowest BCUT2D eigenvalue weighted by Gasteiger charge is -2.14. The Hall–Kier alpha value is -3.89. The largest absolute Gasteiger partial charge is 0.450 e. The minimum atomic E-state index is -5.04. The van der Waals surface area contributed by atoms with Gasteiger partial charge in [-0.25, -0.2) is 4.79 Å². The first-order chi connectivity index (χ1) is 16.5. The number of nitrogens with zero attached hydrogens (tertiary/aromatic N) is 1. The fourth-order valence-corrected chi connectivity index (χ4v) is 3.71. The lowest BCUT2D eigenvalue weighted by Crippen LogP contribution is -2.16. The third kappa shape index (κ3) is 4.71. The molecular weight excluding hydrogens is 514 g/mol. The van der Waals surface area contributed by atoms with Crippen LogP contribution in [0.4, 0.5) is 18.9 Å². The monoisotopic (exact) mass is 523 g/mol. The number of rotatable bonds is 4. The molecule has 0 amide bonds. The second-order valence-corrected chi connectivity index (χ2v) is 7.90. The molecule has 0 radical (unpaired) electrons. The van der Waals surface area contributed by atoms with Crippen LogP contribution in [0.2, 0.25) is 10.0 Å². The maximum absolute atomic E-state index is 13.8. The summed E-state index contributed by atoms with van der Waals surface area (Å²) in [5.41, 5.74) is -3.16. The highest BCUT2D eigenvalue weighted by molar-refractivity contribution is 6.33. The van der Waals surface area contributed by atoms with Gasteiger partial charge in [0.15, 0.2) is 0 Å². The Morgan fingerprint density at radius 1 is 1.00 bits per heavy atom. The van der Waals surface area contributed by atoms with Gasteiger partial charge in [-0.15, -0.1) is 0 Å². The van der Waals surface area contributed by atoms with Crippen molar-refractivity contribution >= 4 is 45.8 Å². The molecule has 1 aromatic heterocycles. The van der Waals surface area contributed by atoms with Crippen LogP contribution < -0.4 is 10.2 Å². The highest BCUT2D eigenvalue weighted by Crippen LogP contribution is 2.39. The van der Waals surface area contributed by atoms with Crippen LogP contribution in [0.15, 0.2) is 69.9 Å². The number of esters is 1.